The van der Waals surface area contributed by atoms with Crippen LogP contribution in [0.3, 0.4) is 0 Å². The van der Waals surface area contributed by atoms with Crippen molar-refractivity contribution >= 4 is 12.2 Å². The van der Waals surface area contributed by atoms with Crippen LogP contribution in [0, 0.1) is 0 Å². The van der Waals surface area contributed by atoms with Gasteiger partial charge in [-0.25, -0.2) is 19.1 Å². The monoisotopic (exact) mass is 303 g/mol. The summed E-state index contributed by atoms with van der Waals surface area (Å²) in [5, 5.41) is 27.9. The van der Waals surface area contributed by atoms with E-state index in [1.54, 1.807) is 12.1 Å². The van der Waals surface area contributed by atoms with Gasteiger partial charge in [-0.2, -0.15) is 0 Å². The number of aromatic nitrogens is 2. The second-order valence-electron chi connectivity index (χ2n) is 4.95. The molecule has 1 aromatic carbocycles. The van der Waals surface area contributed by atoms with E-state index in [-0.39, 0.29) is 24.7 Å². The molecule has 0 fully saturated rings. The van der Waals surface area contributed by atoms with Crippen LogP contribution in [0.1, 0.15) is 11.4 Å². The lowest BCUT2D eigenvalue weighted by Crippen LogP contribution is -2.36. The van der Waals surface area contributed by atoms with Gasteiger partial charge in [-0.15, -0.1) is 0 Å². The molecule has 0 bridgehead atoms. The maximum Gasteiger partial charge on any atom is 0.417 e. The summed E-state index contributed by atoms with van der Waals surface area (Å²) in [6, 6.07) is 6.02. The molecule has 1 aliphatic rings. The van der Waals surface area contributed by atoms with Crippen molar-refractivity contribution in [2.45, 2.75) is 13.0 Å². The van der Waals surface area contributed by atoms with E-state index in [9.17, 15) is 19.8 Å². The van der Waals surface area contributed by atoms with Gasteiger partial charge in [0, 0.05) is 18.5 Å². The Morgan fingerprint density at radius 3 is 2.36 bits per heavy atom. The fraction of sp³-hybridized carbons (Fsp3) is 0.214. The van der Waals surface area contributed by atoms with Crippen LogP contribution in [-0.4, -0.2) is 48.5 Å². The minimum Gasteiger partial charge on any atom is -0.508 e. The molecule has 1 aliphatic heterocycles. The minimum absolute atomic E-state index is 0.0119. The molecule has 0 saturated heterocycles. The van der Waals surface area contributed by atoms with Crippen LogP contribution in [-0.2, 0) is 13.0 Å². The molecular weight excluding hydrogens is 290 g/mol. The van der Waals surface area contributed by atoms with E-state index in [1.165, 1.54) is 12.1 Å². The summed E-state index contributed by atoms with van der Waals surface area (Å²) in [5.74, 6) is 0.295. The van der Waals surface area contributed by atoms with Gasteiger partial charge in [0.05, 0.1) is 17.9 Å². The molecule has 8 nitrogen and oxygen atoms in total. The zero-order valence-electron chi connectivity index (χ0n) is 11.4. The maximum atomic E-state index is 11.6. The average molecular weight is 303 g/mol. The fourth-order valence-electron chi connectivity index (χ4n) is 2.54. The number of amides is 1. The number of benzene rings is 1. The Morgan fingerprint density at radius 1 is 1.09 bits per heavy atom. The van der Waals surface area contributed by atoms with E-state index in [1.807, 2.05) is 0 Å². The van der Waals surface area contributed by atoms with Gasteiger partial charge in [-0.05, 0) is 24.3 Å². The number of phenolic OH excluding ortho intramolecular Hbond substituents is 1. The second kappa shape index (κ2) is 5.06. The number of hydrogen-bond acceptors (Lipinski definition) is 4. The molecule has 2 heterocycles. The molecule has 2 aromatic rings. The van der Waals surface area contributed by atoms with E-state index in [0.29, 0.717) is 23.4 Å². The van der Waals surface area contributed by atoms with Crippen molar-refractivity contribution in [3.63, 3.8) is 0 Å². The van der Waals surface area contributed by atoms with Crippen molar-refractivity contribution in [3.05, 3.63) is 35.7 Å². The summed E-state index contributed by atoms with van der Waals surface area (Å²) >= 11 is 0. The zero-order valence-corrected chi connectivity index (χ0v) is 11.4. The molecule has 0 atom stereocenters. The van der Waals surface area contributed by atoms with Gasteiger partial charge in [0.15, 0.2) is 0 Å². The second-order valence-corrected chi connectivity index (χ2v) is 4.95. The standard InChI is InChI=1S/C14H13N3O5/c18-9-3-1-8(2-4-9)12-15-10-5-6-16(13(19)20)7-11(10)17(12)14(21)22/h1-4,18H,5-7H2,(H,19,20)(H,21,22). The normalized spacial score (nSPS) is 13.7. The number of rotatable bonds is 1. The number of fused-ring (bicyclic) bond motifs is 1. The third-order valence-corrected chi connectivity index (χ3v) is 3.60. The van der Waals surface area contributed by atoms with Gasteiger partial charge in [0.25, 0.3) is 0 Å². The number of carbonyl (C=O) groups is 2. The summed E-state index contributed by atoms with van der Waals surface area (Å²) in [7, 11) is 0. The lowest BCUT2D eigenvalue weighted by molar-refractivity contribution is 0.137. The first kappa shape index (κ1) is 13.9. The topological polar surface area (TPSA) is 116 Å². The average Bonchev–Trinajstić information content (AvgIpc) is 2.86. The molecule has 3 rings (SSSR count). The van der Waals surface area contributed by atoms with Crippen LogP contribution in [0.5, 0.6) is 5.75 Å². The first-order valence-electron chi connectivity index (χ1n) is 6.58. The predicted molar refractivity (Wildman–Crippen MR) is 74.9 cm³/mol. The van der Waals surface area contributed by atoms with Crippen LogP contribution >= 0.6 is 0 Å². The van der Waals surface area contributed by atoms with Gasteiger partial charge in [0.2, 0.25) is 0 Å². The Bertz CT molecular complexity index is 751. The Hall–Kier alpha value is -3.03. The number of carboxylic acid groups (broad SMARTS) is 2. The van der Waals surface area contributed by atoms with Crippen molar-refractivity contribution in [1.82, 2.24) is 14.5 Å². The van der Waals surface area contributed by atoms with E-state index in [0.717, 1.165) is 9.47 Å². The Kier molecular flexibility index (Phi) is 3.21. The third kappa shape index (κ3) is 2.24. The van der Waals surface area contributed by atoms with E-state index < -0.39 is 12.2 Å². The van der Waals surface area contributed by atoms with Crippen molar-refractivity contribution in [3.8, 4) is 17.1 Å². The van der Waals surface area contributed by atoms with Crippen LogP contribution in [0.25, 0.3) is 11.4 Å². The van der Waals surface area contributed by atoms with Gasteiger partial charge >= 0.3 is 12.2 Å². The fourth-order valence-corrected chi connectivity index (χ4v) is 2.54. The van der Waals surface area contributed by atoms with E-state index in [2.05, 4.69) is 4.98 Å². The number of imidazole rings is 1. The highest BCUT2D eigenvalue weighted by atomic mass is 16.4. The first-order chi connectivity index (χ1) is 10.5. The lowest BCUT2D eigenvalue weighted by Gasteiger charge is -2.24. The molecule has 22 heavy (non-hydrogen) atoms. The summed E-state index contributed by atoms with van der Waals surface area (Å²) in [5.41, 5.74) is 1.49. The molecule has 0 aliphatic carbocycles. The summed E-state index contributed by atoms with van der Waals surface area (Å²) in [6.07, 6.45) is -1.94. The Morgan fingerprint density at radius 2 is 1.77 bits per heavy atom. The zero-order chi connectivity index (χ0) is 15.9. The molecule has 0 unspecified atom stereocenters. The highest BCUT2D eigenvalue weighted by molar-refractivity contribution is 5.77. The quantitative estimate of drug-likeness (QED) is 0.740. The van der Waals surface area contributed by atoms with Crippen LogP contribution in [0.15, 0.2) is 24.3 Å². The van der Waals surface area contributed by atoms with E-state index in [4.69, 9.17) is 5.11 Å². The first-order valence-corrected chi connectivity index (χ1v) is 6.58. The molecule has 0 spiro atoms. The lowest BCUT2D eigenvalue weighted by atomic mass is 10.1. The summed E-state index contributed by atoms with van der Waals surface area (Å²) < 4.78 is 1.01. The summed E-state index contributed by atoms with van der Waals surface area (Å²) in [6.45, 7) is 0.274. The van der Waals surface area contributed by atoms with Crippen LogP contribution in [0.4, 0.5) is 9.59 Å². The van der Waals surface area contributed by atoms with Gasteiger partial charge in [-0.1, -0.05) is 0 Å². The SMILES string of the molecule is O=C(O)N1CCc2nc(-c3ccc(O)cc3)n(C(=O)O)c2C1. The molecule has 8 heteroatoms. The third-order valence-electron chi connectivity index (χ3n) is 3.60. The molecule has 1 aromatic heterocycles. The van der Waals surface area contributed by atoms with Crippen LogP contribution < -0.4 is 0 Å². The molecule has 0 radical (unpaired) electrons. The van der Waals surface area contributed by atoms with Gasteiger partial charge in [0.1, 0.15) is 11.6 Å². The molecule has 3 N–H and O–H groups in total. The maximum absolute atomic E-state index is 11.6. The number of phenols is 1. The largest absolute Gasteiger partial charge is 0.508 e. The van der Waals surface area contributed by atoms with Crippen molar-refractivity contribution in [2.75, 3.05) is 6.54 Å². The smallest absolute Gasteiger partial charge is 0.417 e. The van der Waals surface area contributed by atoms with Crippen molar-refractivity contribution in [1.29, 1.82) is 0 Å². The number of aromatic hydroxyl groups is 1. The molecular formula is C14H13N3O5. The highest BCUT2D eigenvalue weighted by Gasteiger charge is 2.29. The highest BCUT2D eigenvalue weighted by Crippen LogP contribution is 2.27. The van der Waals surface area contributed by atoms with E-state index >= 15 is 0 Å². The van der Waals surface area contributed by atoms with Gasteiger partial charge in [-0.3, -0.25) is 0 Å². The molecule has 1 amide bonds. The Labute approximate surface area is 124 Å². The molecule has 0 saturated carbocycles. The number of nitrogens with zero attached hydrogens (tertiary/aromatic N) is 3. The van der Waals surface area contributed by atoms with Crippen molar-refractivity contribution in [2.24, 2.45) is 0 Å². The Balaban J connectivity index is 2.11. The predicted octanol–water partition coefficient (Wildman–Crippen LogP) is 1.82. The minimum atomic E-state index is -1.22. The summed E-state index contributed by atoms with van der Waals surface area (Å²) in [4.78, 5) is 28.2. The molecule has 114 valence electrons. The van der Waals surface area contributed by atoms with Crippen molar-refractivity contribution < 1.29 is 24.9 Å². The number of hydrogen-bond donors (Lipinski definition) is 3. The van der Waals surface area contributed by atoms with Gasteiger partial charge < -0.3 is 20.2 Å². The van der Waals surface area contributed by atoms with Crippen LogP contribution in [0.2, 0.25) is 0 Å².